The maximum Gasteiger partial charge on any atom is 0.408 e. The minimum absolute atomic E-state index is 0. The molecular formula is C93H103BN7O16-3. The first kappa shape index (κ1) is 92.4. The molecule has 7 atom stereocenters. The number of carbonyl (C=O) groups excluding carboxylic acids is 5. The maximum atomic E-state index is 12.4. The number of oxazole rings is 2. The lowest BCUT2D eigenvalue weighted by atomic mass is 10.0. The number of alkyl carbamates (subject to hydrolysis) is 4. The number of para-hydroxylation sites is 4. The van der Waals surface area contributed by atoms with Crippen LogP contribution in [0.4, 0.5) is 19.2 Å². The predicted molar refractivity (Wildman–Crippen MR) is 457 cm³/mol. The lowest BCUT2D eigenvalue weighted by Gasteiger charge is -2.22. The van der Waals surface area contributed by atoms with E-state index in [4.69, 9.17) is 33.5 Å². The zero-order valence-electron chi connectivity index (χ0n) is 64.4. The van der Waals surface area contributed by atoms with Crippen LogP contribution in [0.25, 0.3) is 22.2 Å². The van der Waals surface area contributed by atoms with E-state index in [1.165, 1.54) is 0 Å². The van der Waals surface area contributed by atoms with Crippen LogP contribution in [0, 0.1) is 7.43 Å². The number of ether oxygens (including phenoxy) is 4. The quantitative estimate of drug-likeness (QED) is 0.00910. The summed E-state index contributed by atoms with van der Waals surface area (Å²) in [6.45, 7) is 0.517. The molecule has 117 heavy (non-hydrogen) atoms. The molecule has 0 spiro atoms. The van der Waals surface area contributed by atoms with Crippen LogP contribution in [0.1, 0.15) is 82.9 Å². The Labute approximate surface area is 684 Å². The molecule has 4 amide bonds. The summed E-state index contributed by atoms with van der Waals surface area (Å²) in [6.07, 6.45) is -1.62. The summed E-state index contributed by atoms with van der Waals surface area (Å²) in [7, 11) is 0. The number of rotatable bonds is 29. The number of nitrogens with zero attached hydrogens (tertiary/aromatic N) is 2. The third kappa shape index (κ3) is 33.2. The highest BCUT2D eigenvalue weighted by molar-refractivity contribution is 5.80. The zero-order chi connectivity index (χ0) is 80.3. The van der Waals surface area contributed by atoms with Crippen LogP contribution in [-0.2, 0) is 87.1 Å². The molecule has 13 rings (SSSR count). The molecule has 0 aliphatic rings. The Morgan fingerprint density at radius 1 is 0.385 bits per heavy atom. The Bertz CT molecular complexity index is 4900. The van der Waals surface area contributed by atoms with Gasteiger partial charge in [-0.15, -0.1) is 0 Å². The van der Waals surface area contributed by atoms with E-state index in [2.05, 4.69) is 31.2 Å². The fraction of sp³-hybridized carbons (Fsp3) is 0.194. The Balaban J connectivity index is 0.000000263. The van der Waals surface area contributed by atoms with E-state index in [1.807, 2.05) is 315 Å². The summed E-state index contributed by atoms with van der Waals surface area (Å²) in [5.41, 5.74) is 17.1. The summed E-state index contributed by atoms with van der Waals surface area (Å²) >= 11 is 0. The molecule has 2 heterocycles. The van der Waals surface area contributed by atoms with Crippen molar-refractivity contribution in [3.63, 3.8) is 0 Å². The number of hydrogen-bond donors (Lipinski definition) is 9. The molecule has 0 saturated heterocycles. The first-order chi connectivity index (χ1) is 55.6. The van der Waals surface area contributed by atoms with Crippen molar-refractivity contribution in [3.05, 3.63) is 391 Å². The van der Waals surface area contributed by atoms with Gasteiger partial charge in [0.1, 0.15) is 55.9 Å². The molecule has 11 aromatic carbocycles. The van der Waals surface area contributed by atoms with Crippen molar-refractivity contribution in [3.8, 4) is 0 Å². The summed E-state index contributed by atoms with van der Waals surface area (Å²) < 4.78 is 31.8. The molecule has 0 fully saturated rings. The predicted octanol–water partition coefficient (Wildman–Crippen LogP) is 14.4. The molecule has 24 heteroatoms. The minimum atomic E-state index is -1.14. The van der Waals surface area contributed by atoms with Crippen molar-refractivity contribution >= 4 is 67.2 Å². The summed E-state index contributed by atoms with van der Waals surface area (Å²) in [5, 5.41) is 50.1. The van der Waals surface area contributed by atoms with Crippen molar-refractivity contribution in [1.29, 1.82) is 0 Å². The molecule has 0 radical (unpaired) electrons. The summed E-state index contributed by atoms with van der Waals surface area (Å²) in [4.78, 5) is 78.5. The highest BCUT2D eigenvalue weighted by Gasteiger charge is 2.29. The molecule has 0 aliphatic heterocycles. The van der Waals surface area contributed by atoms with Crippen molar-refractivity contribution < 1.29 is 78.4 Å². The number of benzene rings is 11. The van der Waals surface area contributed by atoms with Gasteiger partial charge < -0.3 is 88.9 Å². The maximum absolute atomic E-state index is 12.4. The standard InChI is InChI=1S/C24H22N2O4.C17H17NO4.C17H19NO3.C17H17NO3.C16H16N2O2.CH4.CH3.BH4.H/c27-22(23-25-19-13-7-8-14-21(19)30-23)20(15-17-9-3-1-4-10-17)26-24(28)29-16-18-11-5-2-6-12-18;19-16(20)15(11-13-7-3-1-4-8-13)18-17(21)22-12-14-9-5-2-6-10-14;2*19-12-16(11-14-7-3-1-4-8-14)18-17(20)21-13-15-9-5-2-6-10-15;17-12(10-11-6-2-1-3-7-11)15(19)16-18-13-8-4-5-9-14(13)20-16;;;;/h1-14,20,22,27H,15-16H2,(H,26,28);1-10,15H,11-12H2,(H,18,21)(H,19,20);1-10,16,19H,11-13H2,(H,18,20);1-10,12,16H,11,13H2,(H,18,20);1-9,12,15,19H,10,17H2;1H4;1H3;1H4;/q;;;;;;3*-1/t20-,22?;15-;2*16-;12-,15?;;;;/m00000..../s1/i;;;;;;;;1+1. The van der Waals surface area contributed by atoms with E-state index >= 15 is 0 Å². The van der Waals surface area contributed by atoms with Crippen molar-refractivity contribution in [2.75, 3.05) is 6.61 Å². The number of aliphatic carboxylic acids is 1. The average Bonchev–Trinajstić information content (AvgIpc) is 1.68. The van der Waals surface area contributed by atoms with Crippen LogP contribution < -0.4 is 27.0 Å². The zero-order valence-corrected chi connectivity index (χ0v) is 63.4. The van der Waals surface area contributed by atoms with Crippen molar-refractivity contribution in [2.24, 2.45) is 5.73 Å². The molecule has 23 nitrogen and oxygen atoms in total. The number of aliphatic hydroxyl groups excluding tert-OH is 3. The smallest absolute Gasteiger partial charge is 0.408 e. The van der Waals surface area contributed by atoms with Crippen LogP contribution >= 0.6 is 0 Å². The van der Waals surface area contributed by atoms with Crippen LogP contribution in [0.5, 0.6) is 0 Å². The number of carbonyl (C=O) groups is 6. The highest BCUT2D eigenvalue weighted by Crippen LogP contribution is 2.26. The largest absolute Gasteiger partial charge is 1.00 e. The molecular weight excluding hydrogens is 1480 g/mol. The van der Waals surface area contributed by atoms with E-state index in [0.29, 0.717) is 42.4 Å². The van der Waals surface area contributed by atoms with Gasteiger partial charge in [0.05, 0.1) is 24.7 Å². The minimum Gasteiger partial charge on any atom is -1.00 e. The second kappa shape index (κ2) is 51.3. The van der Waals surface area contributed by atoms with Gasteiger partial charge in [-0.1, -0.05) is 313 Å². The van der Waals surface area contributed by atoms with Gasteiger partial charge >= 0.3 is 30.3 Å². The third-order valence-electron chi connectivity index (χ3n) is 17.2. The molecule has 0 bridgehead atoms. The molecule has 10 N–H and O–H groups in total. The number of nitrogens with two attached hydrogens (primary N) is 1. The number of hydrogen-bond acceptors (Lipinski definition) is 18. The SMILES string of the molecule is C.N[C@@H](Cc1ccccc1)C(O)c1nc2ccccc2o1.O=C(N[C@@H](Cc1ccccc1)C(=O)O)OCc1ccccc1.O=C(N[C@@H](Cc1ccccc1)C(O)c1nc2ccccc2o1)OCc1ccccc1.O=C(N[C@H](CO)Cc1ccccc1)OCc1ccccc1.O=C[C@H](Cc1ccccc1)NC(=O)OCc1ccccc1.[2H-].[BH4-].[CH3-]. The van der Waals surface area contributed by atoms with Crippen molar-refractivity contribution in [2.45, 2.75) is 108 Å². The fourth-order valence-corrected chi connectivity index (χ4v) is 11.3. The van der Waals surface area contributed by atoms with Crippen LogP contribution in [0.15, 0.2) is 330 Å². The molecule has 0 saturated carbocycles. The molecule has 612 valence electrons. The van der Waals surface area contributed by atoms with Gasteiger partial charge in [0.2, 0.25) is 11.8 Å². The number of fused-ring (bicyclic) bond motifs is 2. The first-order valence-electron chi connectivity index (χ1n) is 36.8. The van der Waals surface area contributed by atoms with Gasteiger partial charge in [-0.25, -0.2) is 33.9 Å². The number of carboxylic acids is 1. The molecule has 2 aromatic heterocycles. The second-order valence-electron chi connectivity index (χ2n) is 26.0. The Hall–Kier alpha value is -13.5. The third-order valence-corrected chi connectivity index (χ3v) is 17.2. The highest BCUT2D eigenvalue weighted by atomic mass is 16.6. The number of amides is 4. The van der Waals surface area contributed by atoms with Gasteiger partial charge in [-0.05, 0) is 100 Å². The van der Waals surface area contributed by atoms with Crippen LogP contribution in [0.2, 0.25) is 0 Å². The topological polar surface area (TPSA) is 346 Å². The van der Waals surface area contributed by atoms with Gasteiger partial charge in [-0.2, -0.15) is 0 Å². The van der Waals surface area contributed by atoms with Gasteiger partial charge in [0, 0.05) is 12.5 Å². The first-order valence-corrected chi connectivity index (χ1v) is 36.8. The summed E-state index contributed by atoms with van der Waals surface area (Å²) in [5.74, 6) is -0.671. The number of aromatic nitrogens is 2. The van der Waals surface area contributed by atoms with E-state index in [1.54, 1.807) is 6.07 Å². The normalized spacial score (nSPS) is 12.1. The number of nitrogens with one attached hydrogen (secondary N) is 4. The number of aliphatic hydroxyl groups is 3. The Morgan fingerprint density at radius 2 is 0.675 bits per heavy atom. The lowest BCUT2D eigenvalue weighted by Crippen LogP contribution is -2.42. The monoisotopic (exact) mass is 1590 g/mol. The van der Waals surface area contributed by atoms with E-state index in [0.717, 1.165) is 61.9 Å². The molecule has 0 aliphatic carbocycles. The van der Waals surface area contributed by atoms with Gasteiger partial charge in [0.25, 0.3) is 0 Å². The average molecular weight is 1590 g/mol. The van der Waals surface area contributed by atoms with E-state index in [9.17, 15) is 49.2 Å². The number of aldehydes is 1. The molecule has 13 aromatic rings. The molecule has 2 unspecified atom stereocenters. The van der Waals surface area contributed by atoms with Crippen LogP contribution in [0.3, 0.4) is 0 Å². The van der Waals surface area contributed by atoms with Crippen molar-refractivity contribution in [1.82, 2.24) is 31.2 Å². The number of carboxylic acid groups (broad SMARTS) is 1. The lowest BCUT2D eigenvalue weighted by molar-refractivity contribution is -0.139. The Kier molecular flexibility index (Phi) is 40.5. The fourth-order valence-electron chi connectivity index (χ4n) is 11.3. The summed E-state index contributed by atoms with van der Waals surface area (Å²) in [6, 6.07) is 96.8. The van der Waals surface area contributed by atoms with Crippen LogP contribution in [-0.4, -0.2) is 112 Å². The Morgan fingerprint density at radius 3 is 1.03 bits per heavy atom. The second-order valence-corrected chi connectivity index (χ2v) is 26.0. The van der Waals surface area contributed by atoms with E-state index < -0.39 is 66.7 Å². The van der Waals surface area contributed by atoms with Gasteiger partial charge in [-0.3, -0.25) is 0 Å². The van der Waals surface area contributed by atoms with Gasteiger partial charge in [0.15, 0.2) is 17.3 Å². The van der Waals surface area contributed by atoms with E-state index in [-0.39, 0.29) is 82.0 Å².